The predicted octanol–water partition coefficient (Wildman–Crippen LogP) is 6.82. The van der Waals surface area contributed by atoms with Gasteiger partial charge < -0.3 is 5.11 Å². The largest absolute Gasteiger partial charge is 0.481 e. The van der Waals surface area contributed by atoms with Crippen LogP contribution in [0.15, 0.2) is 0 Å². The molecule has 0 saturated carbocycles. The first kappa shape index (κ1) is 21.5. The molecule has 0 aromatic carbocycles. The highest BCUT2D eigenvalue weighted by Crippen LogP contribution is 2.17. The van der Waals surface area contributed by atoms with Gasteiger partial charge in [-0.3, -0.25) is 4.79 Å². The molecule has 0 saturated heterocycles. The summed E-state index contributed by atoms with van der Waals surface area (Å²) in [5, 5.41) is 8.80. The van der Waals surface area contributed by atoms with Crippen LogP contribution in [0.25, 0.3) is 0 Å². The first-order valence-electron chi connectivity index (χ1n) is 9.80. The van der Waals surface area contributed by atoms with Crippen molar-refractivity contribution in [1.82, 2.24) is 0 Å². The summed E-state index contributed by atoms with van der Waals surface area (Å²) < 4.78 is 0. The highest BCUT2D eigenvalue weighted by Gasteiger charge is 2.09. The number of rotatable bonds is 16. The van der Waals surface area contributed by atoms with Gasteiger partial charge in [0.15, 0.2) is 0 Å². The minimum atomic E-state index is -0.649. The van der Waals surface area contributed by atoms with Crippen LogP contribution in [-0.2, 0) is 4.79 Å². The summed E-state index contributed by atoms with van der Waals surface area (Å²) in [4.78, 5) is 10.7. The van der Waals surface area contributed by atoms with Gasteiger partial charge in [-0.15, -0.1) is 0 Å². The van der Waals surface area contributed by atoms with Crippen molar-refractivity contribution in [1.29, 1.82) is 0 Å². The summed E-state index contributed by atoms with van der Waals surface area (Å²) in [7, 11) is 0. The van der Waals surface area contributed by atoms with E-state index >= 15 is 0 Å². The van der Waals surface area contributed by atoms with Crippen LogP contribution >= 0.6 is 0 Å². The summed E-state index contributed by atoms with van der Waals surface area (Å²) in [6, 6.07) is 0. The van der Waals surface area contributed by atoms with Crippen LogP contribution in [0, 0.1) is 11.8 Å². The number of hydrogen-bond acceptors (Lipinski definition) is 1. The Balaban J connectivity index is 3.13. The maximum Gasteiger partial charge on any atom is 0.306 e. The molecule has 0 aliphatic carbocycles. The van der Waals surface area contributed by atoms with Gasteiger partial charge in [0.05, 0.1) is 5.92 Å². The topological polar surface area (TPSA) is 37.3 Å². The van der Waals surface area contributed by atoms with E-state index in [2.05, 4.69) is 13.8 Å². The van der Waals surface area contributed by atoms with Crippen LogP contribution in [0.4, 0.5) is 0 Å². The Morgan fingerprint density at radius 3 is 1.55 bits per heavy atom. The highest BCUT2D eigenvalue weighted by atomic mass is 16.4. The Labute approximate surface area is 139 Å². The second-order valence-corrected chi connectivity index (χ2v) is 7.25. The average molecular weight is 313 g/mol. The van der Waals surface area contributed by atoms with Gasteiger partial charge in [0.1, 0.15) is 0 Å². The first-order chi connectivity index (χ1) is 10.6. The molecular formula is C20H40O2. The molecule has 0 aromatic heterocycles. The lowest BCUT2D eigenvalue weighted by Crippen LogP contribution is -2.08. The van der Waals surface area contributed by atoms with E-state index in [1.54, 1.807) is 0 Å². The maximum absolute atomic E-state index is 10.7. The Hall–Kier alpha value is -0.530. The number of carboxylic acid groups (broad SMARTS) is 1. The molecule has 132 valence electrons. The maximum atomic E-state index is 10.7. The number of aliphatic carboxylic acids is 1. The van der Waals surface area contributed by atoms with Crippen molar-refractivity contribution in [2.45, 2.75) is 111 Å². The van der Waals surface area contributed by atoms with Crippen LogP contribution in [0.1, 0.15) is 111 Å². The molecule has 2 heteroatoms. The van der Waals surface area contributed by atoms with E-state index in [1.165, 1.54) is 77.0 Å². The average Bonchev–Trinajstić information content (AvgIpc) is 2.48. The van der Waals surface area contributed by atoms with Crippen LogP contribution in [0.2, 0.25) is 0 Å². The Morgan fingerprint density at radius 2 is 1.14 bits per heavy atom. The van der Waals surface area contributed by atoms with E-state index in [1.807, 2.05) is 6.92 Å². The van der Waals surface area contributed by atoms with Crippen molar-refractivity contribution in [3.05, 3.63) is 0 Å². The molecule has 0 rings (SSSR count). The van der Waals surface area contributed by atoms with Crippen molar-refractivity contribution < 1.29 is 9.90 Å². The summed E-state index contributed by atoms with van der Waals surface area (Å²) in [6.45, 7) is 6.48. The Morgan fingerprint density at radius 1 is 0.727 bits per heavy atom. The molecule has 0 aliphatic rings. The quantitative estimate of drug-likeness (QED) is 0.317. The van der Waals surface area contributed by atoms with Crippen molar-refractivity contribution in [3.8, 4) is 0 Å². The van der Waals surface area contributed by atoms with Crippen LogP contribution in [0.5, 0.6) is 0 Å². The van der Waals surface area contributed by atoms with Crippen LogP contribution < -0.4 is 0 Å². The first-order valence-corrected chi connectivity index (χ1v) is 9.80. The summed E-state index contributed by atoms with van der Waals surface area (Å²) >= 11 is 0. The van der Waals surface area contributed by atoms with E-state index in [0.717, 1.165) is 18.8 Å². The fourth-order valence-corrected chi connectivity index (χ4v) is 3.12. The Bertz CT molecular complexity index is 250. The second-order valence-electron chi connectivity index (χ2n) is 7.25. The molecule has 2 unspecified atom stereocenters. The van der Waals surface area contributed by atoms with E-state index in [-0.39, 0.29) is 5.92 Å². The molecule has 0 amide bonds. The SMILES string of the molecule is CCCC(C)CCCCCCCCCCCCC(C)C(=O)O. The third-order valence-electron chi connectivity index (χ3n) is 4.79. The molecular weight excluding hydrogens is 272 g/mol. The lowest BCUT2D eigenvalue weighted by molar-refractivity contribution is -0.141. The molecule has 0 radical (unpaired) electrons. The fraction of sp³-hybridized carbons (Fsp3) is 0.950. The van der Waals surface area contributed by atoms with E-state index < -0.39 is 5.97 Å². The third kappa shape index (κ3) is 14.4. The molecule has 22 heavy (non-hydrogen) atoms. The monoisotopic (exact) mass is 312 g/mol. The van der Waals surface area contributed by atoms with Gasteiger partial charge in [-0.2, -0.15) is 0 Å². The summed E-state index contributed by atoms with van der Waals surface area (Å²) in [5.41, 5.74) is 0. The molecule has 0 bridgehead atoms. The van der Waals surface area contributed by atoms with Crippen molar-refractivity contribution in [2.75, 3.05) is 0 Å². The number of hydrogen-bond donors (Lipinski definition) is 1. The standard InChI is InChI=1S/C20H40O2/c1-4-15-18(2)16-13-11-9-7-5-6-8-10-12-14-17-19(3)20(21)22/h18-19H,4-17H2,1-3H3,(H,21,22). The zero-order chi connectivity index (χ0) is 16.6. The molecule has 2 nitrogen and oxygen atoms in total. The molecule has 0 fully saturated rings. The fourth-order valence-electron chi connectivity index (χ4n) is 3.12. The van der Waals surface area contributed by atoms with Crippen LogP contribution in [-0.4, -0.2) is 11.1 Å². The van der Waals surface area contributed by atoms with Crippen molar-refractivity contribution in [3.63, 3.8) is 0 Å². The minimum absolute atomic E-state index is 0.167. The molecule has 0 spiro atoms. The van der Waals surface area contributed by atoms with Crippen molar-refractivity contribution in [2.24, 2.45) is 11.8 Å². The van der Waals surface area contributed by atoms with Gasteiger partial charge in [0.25, 0.3) is 0 Å². The van der Waals surface area contributed by atoms with Gasteiger partial charge in [0.2, 0.25) is 0 Å². The van der Waals surface area contributed by atoms with E-state index in [0.29, 0.717) is 0 Å². The molecule has 0 heterocycles. The van der Waals surface area contributed by atoms with E-state index in [4.69, 9.17) is 5.11 Å². The number of carbonyl (C=O) groups is 1. The molecule has 0 aromatic rings. The number of unbranched alkanes of at least 4 members (excludes halogenated alkanes) is 9. The van der Waals surface area contributed by atoms with Crippen molar-refractivity contribution >= 4 is 5.97 Å². The van der Waals surface area contributed by atoms with Gasteiger partial charge >= 0.3 is 5.97 Å². The normalized spacial score (nSPS) is 14.0. The Kier molecular flexibility index (Phi) is 15.0. The molecule has 1 N–H and O–H groups in total. The molecule has 2 atom stereocenters. The smallest absolute Gasteiger partial charge is 0.306 e. The van der Waals surface area contributed by atoms with Gasteiger partial charge in [-0.1, -0.05) is 104 Å². The highest BCUT2D eigenvalue weighted by molar-refractivity contribution is 5.69. The molecule has 0 aliphatic heterocycles. The third-order valence-corrected chi connectivity index (χ3v) is 4.79. The van der Waals surface area contributed by atoms with Gasteiger partial charge in [-0.05, 0) is 12.3 Å². The van der Waals surface area contributed by atoms with Crippen LogP contribution in [0.3, 0.4) is 0 Å². The van der Waals surface area contributed by atoms with Gasteiger partial charge in [-0.25, -0.2) is 0 Å². The predicted molar refractivity (Wildman–Crippen MR) is 96.3 cm³/mol. The lowest BCUT2D eigenvalue weighted by atomic mass is 9.97. The van der Waals surface area contributed by atoms with E-state index in [9.17, 15) is 4.79 Å². The van der Waals surface area contributed by atoms with Gasteiger partial charge in [0, 0.05) is 0 Å². The second kappa shape index (κ2) is 15.4. The lowest BCUT2D eigenvalue weighted by Gasteiger charge is -2.09. The zero-order valence-electron chi connectivity index (χ0n) is 15.4. The summed E-state index contributed by atoms with van der Waals surface area (Å²) in [5.74, 6) is 0.109. The minimum Gasteiger partial charge on any atom is -0.481 e. The zero-order valence-corrected chi connectivity index (χ0v) is 15.4. The number of carboxylic acids is 1. The summed E-state index contributed by atoms with van der Waals surface area (Å²) in [6.07, 6.45) is 18.3.